The summed E-state index contributed by atoms with van der Waals surface area (Å²) >= 11 is 3.48. The molecular formula is C18H27BrN6O. The van der Waals surface area contributed by atoms with Crippen LogP contribution in [0.1, 0.15) is 24.8 Å². The number of H-pyrrole nitrogens is 1. The Hall–Kier alpha value is -1.64. The second-order valence-corrected chi connectivity index (χ2v) is 7.67. The molecule has 3 rings (SSSR count). The van der Waals surface area contributed by atoms with Gasteiger partial charge in [-0.15, -0.1) is 5.10 Å². The summed E-state index contributed by atoms with van der Waals surface area (Å²) in [4.78, 5) is 8.97. The predicted molar refractivity (Wildman–Crippen MR) is 107 cm³/mol. The molecule has 7 nitrogen and oxygen atoms in total. The molecule has 0 radical (unpaired) electrons. The molecule has 1 aliphatic heterocycles. The van der Waals surface area contributed by atoms with Gasteiger partial charge in [-0.2, -0.15) is 4.98 Å². The van der Waals surface area contributed by atoms with Crippen molar-refractivity contribution in [1.29, 1.82) is 0 Å². The second kappa shape index (κ2) is 9.34. The van der Waals surface area contributed by atoms with Crippen LogP contribution < -0.4 is 10.6 Å². The normalized spacial score (nSPS) is 18.4. The molecule has 26 heavy (non-hydrogen) atoms. The highest BCUT2D eigenvalue weighted by Crippen LogP contribution is 2.20. The lowest BCUT2D eigenvalue weighted by atomic mass is 10.0. The number of nitrogen functional groups attached to an aromatic ring is 1. The van der Waals surface area contributed by atoms with Crippen LogP contribution in [-0.2, 0) is 6.42 Å². The summed E-state index contributed by atoms with van der Waals surface area (Å²) < 4.78 is 1.12. The van der Waals surface area contributed by atoms with E-state index in [0.29, 0.717) is 17.9 Å². The Morgan fingerprint density at radius 2 is 2.04 bits per heavy atom. The summed E-state index contributed by atoms with van der Waals surface area (Å²) in [7, 11) is 0. The molecule has 1 saturated heterocycles. The topological polar surface area (TPSA) is 94.3 Å². The molecule has 1 atom stereocenters. The van der Waals surface area contributed by atoms with Crippen molar-refractivity contribution >= 4 is 27.8 Å². The first-order chi connectivity index (χ1) is 12.7. The van der Waals surface area contributed by atoms with Gasteiger partial charge in [0, 0.05) is 36.8 Å². The van der Waals surface area contributed by atoms with Gasteiger partial charge in [0.25, 0.3) is 0 Å². The minimum absolute atomic E-state index is 0.233. The number of rotatable bonds is 8. The van der Waals surface area contributed by atoms with E-state index < -0.39 is 0 Å². The summed E-state index contributed by atoms with van der Waals surface area (Å²) in [5.41, 5.74) is 7.03. The predicted octanol–water partition coefficient (Wildman–Crippen LogP) is 2.05. The number of aliphatic hydroxyl groups is 1. The van der Waals surface area contributed by atoms with E-state index in [1.165, 1.54) is 5.56 Å². The molecule has 1 aromatic carbocycles. The minimum atomic E-state index is 0.233. The highest BCUT2D eigenvalue weighted by atomic mass is 79.9. The number of hydrogen-bond donors (Lipinski definition) is 3. The zero-order valence-electron chi connectivity index (χ0n) is 14.9. The lowest BCUT2D eigenvalue weighted by Gasteiger charge is -2.41. The van der Waals surface area contributed by atoms with Gasteiger partial charge in [-0.1, -0.05) is 28.1 Å². The molecule has 4 N–H and O–H groups in total. The standard InChI is InChI=1S/C18H27BrN6O/c19-15-7-5-14(6-8-15)3-1-9-24-10-11-25(13-16(24)4-2-12-26)18-21-17(20)22-23-18/h5-8,16,26H,1-4,9-13H2,(H3,20,21,22,23). The Morgan fingerprint density at radius 1 is 1.23 bits per heavy atom. The van der Waals surface area contributed by atoms with E-state index in [2.05, 4.69) is 65.2 Å². The Kier molecular flexibility index (Phi) is 6.87. The quantitative estimate of drug-likeness (QED) is 0.602. The van der Waals surface area contributed by atoms with Crippen LogP contribution in [0.2, 0.25) is 0 Å². The zero-order chi connectivity index (χ0) is 18.4. The third-order valence-electron chi connectivity index (χ3n) is 4.90. The van der Waals surface area contributed by atoms with Gasteiger partial charge in [0.1, 0.15) is 0 Å². The first-order valence-corrected chi connectivity index (χ1v) is 9.97. The maximum Gasteiger partial charge on any atom is 0.246 e. The van der Waals surface area contributed by atoms with Crippen molar-refractivity contribution in [2.75, 3.05) is 43.4 Å². The summed E-state index contributed by atoms with van der Waals surface area (Å²) in [5.74, 6) is 1.02. The fourth-order valence-corrected chi connectivity index (χ4v) is 3.78. The van der Waals surface area contributed by atoms with Crippen molar-refractivity contribution < 1.29 is 5.11 Å². The number of aromatic nitrogens is 3. The monoisotopic (exact) mass is 422 g/mol. The number of aliphatic hydroxyl groups excluding tert-OH is 1. The molecule has 1 aromatic heterocycles. The lowest BCUT2D eigenvalue weighted by Crippen LogP contribution is -2.53. The largest absolute Gasteiger partial charge is 0.396 e. The van der Waals surface area contributed by atoms with Crippen LogP contribution in [-0.4, -0.2) is 64.0 Å². The molecule has 1 aliphatic rings. The first-order valence-electron chi connectivity index (χ1n) is 9.18. The number of halogens is 1. The Labute approximate surface area is 162 Å². The van der Waals surface area contributed by atoms with Gasteiger partial charge >= 0.3 is 0 Å². The van der Waals surface area contributed by atoms with Crippen LogP contribution in [0.25, 0.3) is 0 Å². The van der Waals surface area contributed by atoms with E-state index in [9.17, 15) is 5.11 Å². The minimum Gasteiger partial charge on any atom is -0.396 e. The van der Waals surface area contributed by atoms with E-state index in [1.807, 2.05) is 0 Å². The smallest absolute Gasteiger partial charge is 0.246 e. The molecule has 1 unspecified atom stereocenters. The van der Waals surface area contributed by atoms with E-state index >= 15 is 0 Å². The summed E-state index contributed by atoms with van der Waals surface area (Å²) in [6.45, 7) is 4.04. The molecule has 0 amide bonds. The van der Waals surface area contributed by atoms with Gasteiger partial charge in [-0.25, -0.2) is 5.10 Å². The highest BCUT2D eigenvalue weighted by Gasteiger charge is 2.28. The van der Waals surface area contributed by atoms with Crippen LogP contribution in [0.4, 0.5) is 11.9 Å². The van der Waals surface area contributed by atoms with Gasteiger partial charge in [-0.05, 0) is 49.9 Å². The highest BCUT2D eigenvalue weighted by molar-refractivity contribution is 9.10. The number of hydrogen-bond acceptors (Lipinski definition) is 6. The number of aromatic amines is 1. The van der Waals surface area contributed by atoms with Crippen LogP contribution in [0, 0.1) is 0 Å². The van der Waals surface area contributed by atoms with E-state index in [1.54, 1.807) is 0 Å². The fraction of sp³-hybridized carbons (Fsp3) is 0.556. The Morgan fingerprint density at radius 3 is 2.73 bits per heavy atom. The number of nitrogens with zero attached hydrogens (tertiary/aromatic N) is 4. The third kappa shape index (κ3) is 5.18. The molecule has 2 heterocycles. The number of piperazine rings is 1. The van der Waals surface area contributed by atoms with Crippen LogP contribution in [0.15, 0.2) is 28.7 Å². The van der Waals surface area contributed by atoms with Crippen molar-refractivity contribution in [3.05, 3.63) is 34.3 Å². The van der Waals surface area contributed by atoms with Crippen LogP contribution >= 0.6 is 15.9 Å². The van der Waals surface area contributed by atoms with Crippen molar-refractivity contribution in [2.24, 2.45) is 0 Å². The van der Waals surface area contributed by atoms with Gasteiger partial charge in [0.05, 0.1) is 0 Å². The molecule has 142 valence electrons. The zero-order valence-corrected chi connectivity index (χ0v) is 16.5. The van der Waals surface area contributed by atoms with Crippen LogP contribution in [0.3, 0.4) is 0 Å². The maximum atomic E-state index is 9.23. The van der Waals surface area contributed by atoms with Crippen LogP contribution in [0.5, 0.6) is 0 Å². The van der Waals surface area contributed by atoms with Crippen molar-refractivity contribution in [1.82, 2.24) is 20.1 Å². The molecule has 8 heteroatoms. The molecule has 2 aromatic rings. The van der Waals surface area contributed by atoms with Crippen molar-refractivity contribution in [3.63, 3.8) is 0 Å². The summed E-state index contributed by atoms with van der Waals surface area (Å²) in [5, 5.41) is 16.1. The average Bonchev–Trinajstić information content (AvgIpc) is 3.08. The lowest BCUT2D eigenvalue weighted by molar-refractivity contribution is 0.154. The molecule has 0 spiro atoms. The Balaban J connectivity index is 1.54. The van der Waals surface area contributed by atoms with Gasteiger partial charge in [0.15, 0.2) is 0 Å². The number of anilines is 2. The fourth-order valence-electron chi connectivity index (χ4n) is 3.51. The number of nitrogens with two attached hydrogens (primary N) is 1. The number of aryl methyl sites for hydroxylation is 1. The number of benzene rings is 1. The number of nitrogens with one attached hydrogen (secondary N) is 1. The van der Waals surface area contributed by atoms with Crippen molar-refractivity contribution in [3.8, 4) is 0 Å². The first kappa shape index (κ1) is 19.1. The van der Waals surface area contributed by atoms with Gasteiger partial charge < -0.3 is 15.7 Å². The molecule has 0 aliphatic carbocycles. The van der Waals surface area contributed by atoms with Crippen molar-refractivity contribution in [2.45, 2.75) is 31.7 Å². The Bertz CT molecular complexity index is 677. The second-order valence-electron chi connectivity index (χ2n) is 6.75. The third-order valence-corrected chi connectivity index (χ3v) is 5.43. The SMILES string of the molecule is Nc1nc(N2CCN(CCCc3ccc(Br)cc3)C(CCCO)C2)n[nH]1. The molecule has 0 saturated carbocycles. The molecular weight excluding hydrogens is 396 g/mol. The van der Waals surface area contributed by atoms with E-state index in [-0.39, 0.29) is 6.61 Å². The average molecular weight is 423 g/mol. The summed E-state index contributed by atoms with van der Waals surface area (Å²) in [6, 6.07) is 8.96. The van der Waals surface area contributed by atoms with Gasteiger partial charge in [-0.3, -0.25) is 4.90 Å². The van der Waals surface area contributed by atoms with E-state index in [0.717, 1.165) is 56.3 Å². The van der Waals surface area contributed by atoms with Gasteiger partial charge in [0.2, 0.25) is 11.9 Å². The maximum absolute atomic E-state index is 9.23. The molecule has 1 fully saturated rings. The molecule has 0 bridgehead atoms. The summed E-state index contributed by atoms with van der Waals surface area (Å²) in [6.07, 6.45) is 4.01. The van der Waals surface area contributed by atoms with E-state index in [4.69, 9.17) is 5.73 Å².